The van der Waals surface area contributed by atoms with Gasteiger partial charge in [-0.2, -0.15) is 0 Å². The number of fused-ring (bicyclic) bond motifs is 2. The van der Waals surface area contributed by atoms with Crippen LogP contribution in [0, 0.1) is 0 Å². The Morgan fingerprint density at radius 1 is 1.12 bits per heavy atom. The Labute approximate surface area is 149 Å². The fourth-order valence-electron chi connectivity index (χ4n) is 3.08. The van der Waals surface area contributed by atoms with E-state index in [1.165, 1.54) is 0 Å². The second-order valence-corrected chi connectivity index (χ2v) is 6.10. The number of rotatable bonds is 5. The summed E-state index contributed by atoms with van der Waals surface area (Å²) < 4.78 is 12.6. The van der Waals surface area contributed by atoms with Crippen molar-refractivity contribution in [2.75, 3.05) is 19.8 Å². The Kier molecular flexibility index (Phi) is 4.35. The quantitative estimate of drug-likeness (QED) is 0.727. The Balaban J connectivity index is 1.35. The molecule has 1 aromatic heterocycles. The largest absolute Gasteiger partial charge is 0.486 e. The molecule has 0 atom stereocenters. The second-order valence-electron chi connectivity index (χ2n) is 6.10. The average Bonchev–Trinajstić information content (AvgIpc) is 2.97. The number of hydrogen-bond acceptors (Lipinski definition) is 4. The lowest BCUT2D eigenvalue weighted by molar-refractivity contribution is -0.120. The summed E-state index contributed by atoms with van der Waals surface area (Å²) in [5.74, 6) is 1.28. The minimum atomic E-state index is -0.174. The van der Waals surface area contributed by atoms with Crippen molar-refractivity contribution in [2.24, 2.45) is 0 Å². The smallest absolute Gasteiger partial charge is 0.326 e. The van der Waals surface area contributed by atoms with Crippen molar-refractivity contribution in [2.45, 2.75) is 13.0 Å². The summed E-state index contributed by atoms with van der Waals surface area (Å²) in [4.78, 5) is 27.0. The number of carbonyl (C=O) groups excluding carboxylic acids is 1. The third kappa shape index (κ3) is 3.28. The highest BCUT2D eigenvalue weighted by molar-refractivity contribution is 5.79. The molecule has 134 valence electrons. The van der Waals surface area contributed by atoms with Gasteiger partial charge < -0.3 is 19.8 Å². The molecule has 0 aliphatic carbocycles. The Morgan fingerprint density at radius 3 is 2.81 bits per heavy atom. The van der Waals surface area contributed by atoms with Gasteiger partial charge in [0.25, 0.3) is 0 Å². The zero-order valence-corrected chi connectivity index (χ0v) is 14.2. The molecule has 2 N–H and O–H groups in total. The van der Waals surface area contributed by atoms with Crippen LogP contribution in [0.15, 0.2) is 47.3 Å². The molecule has 2 aromatic carbocycles. The number of H-pyrrole nitrogens is 1. The van der Waals surface area contributed by atoms with E-state index in [2.05, 4.69) is 10.3 Å². The van der Waals surface area contributed by atoms with Crippen molar-refractivity contribution in [3.05, 3.63) is 58.5 Å². The molecule has 1 aliphatic heterocycles. The molecule has 2 heterocycles. The van der Waals surface area contributed by atoms with Gasteiger partial charge in [-0.15, -0.1) is 0 Å². The lowest BCUT2D eigenvalue weighted by Crippen LogP contribution is -2.31. The summed E-state index contributed by atoms with van der Waals surface area (Å²) >= 11 is 0. The summed E-state index contributed by atoms with van der Waals surface area (Å²) in [6.45, 7) is 1.85. The number of aromatic amines is 1. The van der Waals surface area contributed by atoms with Crippen molar-refractivity contribution in [3.8, 4) is 11.5 Å². The monoisotopic (exact) mass is 353 g/mol. The molecule has 0 bridgehead atoms. The van der Waals surface area contributed by atoms with E-state index in [0.29, 0.717) is 37.8 Å². The fraction of sp³-hybridized carbons (Fsp3) is 0.263. The van der Waals surface area contributed by atoms with E-state index in [4.69, 9.17) is 9.47 Å². The first-order chi connectivity index (χ1) is 12.7. The van der Waals surface area contributed by atoms with Gasteiger partial charge in [-0.3, -0.25) is 9.36 Å². The molecule has 0 radical (unpaired) electrons. The number of amides is 1. The van der Waals surface area contributed by atoms with Gasteiger partial charge in [-0.05, 0) is 29.8 Å². The zero-order valence-electron chi connectivity index (χ0n) is 14.2. The van der Waals surface area contributed by atoms with Crippen molar-refractivity contribution in [3.63, 3.8) is 0 Å². The van der Waals surface area contributed by atoms with Gasteiger partial charge in [0.2, 0.25) is 5.91 Å². The summed E-state index contributed by atoms with van der Waals surface area (Å²) in [6.07, 6.45) is 0.249. The van der Waals surface area contributed by atoms with E-state index in [-0.39, 0.29) is 18.0 Å². The number of nitrogens with one attached hydrogen (secondary N) is 2. The van der Waals surface area contributed by atoms with Crippen LogP contribution < -0.4 is 20.5 Å². The zero-order chi connectivity index (χ0) is 17.9. The molecule has 0 unspecified atom stereocenters. The molecule has 7 heteroatoms. The minimum Gasteiger partial charge on any atom is -0.486 e. The second kappa shape index (κ2) is 6.95. The molecule has 0 fully saturated rings. The summed E-state index contributed by atoms with van der Waals surface area (Å²) in [6, 6.07) is 13.0. The fourth-order valence-corrected chi connectivity index (χ4v) is 3.08. The first-order valence-electron chi connectivity index (χ1n) is 8.53. The van der Waals surface area contributed by atoms with Crippen LogP contribution in [0.4, 0.5) is 0 Å². The highest BCUT2D eigenvalue weighted by Crippen LogP contribution is 2.30. The topological polar surface area (TPSA) is 85.3 Å². The molecule has 0 saturated heterocycles. The predicted octanol–water partition coefficient (Wildman–Crippen LogP) is 1.46. The number of benzene rings is 2. The molecule has 3 aromatic rings. The molecule has 26 heavy (non-hydrogen) atoms. The number of para-hydroxylation sites is 2. The van der Waals surface area contributed by atoms with E-state index in [0.717, 1.165) is 16.6 Å². The van der Waals surface area contributed by atoms with Crippen LogP contribution in [0.2, 0.25) is 0 Å². The Hall–Kier alpha value is -3.22. The van der Waals surface area contributed by atoms with E-state index in [1.54, 1.807) is 4.57 Å². The number of aromatic nitrogens is 2. The first kappa shape index (κ1) is 16.3. The molecule has 0 spiro atoms. The molecule has 1 aliphatic rings. The van der Waals surface area contributed by atoms with Crippen molar-refractivity contribution >= 4 is 16.9 Å². The maximum Gasteiger partial charge on any atom is 0.326 e. The Morgan fingerprint density at radius 2 is 1.92 bits per heavy atom. The predicted molar refractivity (Wildman–Crippen MR) is 96.7 cm³/mol. The van der Waals surface area contributed by atoms with Crippen molar-refractivity contribution < 1.29 is 14.3 Å². The number of imidazole rings is 1. The van der Waals surface area contributed by atoms with Crippen LogP contribution >= 0.6 is 0 Å². The molecular formula is C19H19N3O4. The van der Waals surface area contributed by atoms with Crippen LogP contribution in [-0.2, 0) is 17.8 Å². The number of nitrogens with zero attached hydrogens (tertiary/aromatic N) is 1. The van der Waals surface area contributed by atoms with Crippen LogP contribution in [-0.4, -0.2) is 35.2 Å². The van der Waals surface area contributed by atoms with Crippen LogP contribution in [0.25, 0.3) is 11.0 Å². The number of carbonyl (C=O) groups is 1. The van der Waals surface area contributed by atoms with Crippen LogP contribution in [0.5, 0.6) is 11.5 Å². The molecular weight excluding hydrogens is 334 g/mol. The highest BCUT2D eigenvalue weighted by atomic mass is 16.6. The van der Waals surface area contributed by atoms with Gasteiger partial charge in [-0.25, -0.2) is 4.79 Å². The highest BCUT2D eigenvalue weighted by Gasteiger charge is 2.13. The van der Waals surface area contributed by atoms with E-state index < -0.39 is 0 Å². The third-order valence-corrected chi connectivity index (χ3v) is 4.31. The van der Waals surface area contributed by atoms with Crippen molar-refractivity contribution in [1.29, 1.82) is 0 Å². The van der Waals surface area contributed by atoms with Gasteiger partial charge in [0.1, 0.15) is 13.2 Å². The number of ether oxygens (including phenoxy) is 2. The van der Waals surface area contributed by atoms with Gasteiger partial charge in [0, 0.05) is 13.1 Å². The van der Waals surface area contributed by atoms with E-state index in [9.17, 15) is 9.59 Å². The molecule has 4 rings (SSSR count). The normalized spacial score (nSPS) is 12.9. The maximum atomic E-state index is 12.2. The van der Waals surface area contributed by atoms with Crippen molar-refractivity contribution in [1.82, 2.24) is 14.9 Å². The minimum absolute atomic E-state index is 0.102. The third-order valence-electron chi connectivity index (χ3n) is 4.31. The summed E-state index contributed by atoms with van der Waals surface area (Å²) in [5, 5.41) is 2.86. The lowest BCUT2D eigenvalue weighted by Gasteiger charge is -2.18. The molecule has 7 nitrogen and oxygen atoms in total. The van der Waals surface area contributed by atoms with Gasteiger partial charge in [0.05, 0.1) is 17.5 Å². The van der Waals surface area contributed by atoms with Gasteiger partial charge >= 0.3 is 5.69 Å². The SMILES string of the molecule is O=C(Cc1ccc2c(c1)OCCO2)NCCn1c(=O)[nH]c2ccccc21. The first-order valence-corrected chi connectivity index (χ1v) is 8.53. The average molecular weight is 353 g/mol. The van der Waals surface area contributed by atoms with E-state index >= 15 is 0 Å². The van der Waals surface area contributed by atoms with E-state index in [1.807, 2.05) is 42.5 Å². The summed E-state index contributed by atoms with van der Waals surface area (Å²) in [7, 11) is 0. The van der Waals surface area contributed by atoms with Crippen LogP contribution in [0.3, 0.4) is 0 Å². The Bertz CT molecular complexity index is 1010. The van der Waals surface area contributed by atoms with Gasteiger partial charge in [-0.1, -0.05) is 18.2 Å². The molecule has 0 saturated carbocycles. The standard InChI is InChI=1S/C19H19N3O4/c23-18(12-13-5-6-16-17(11-13)26-10-9-25-16)20-7-8-22-15-4-2-1-3-14(15)21-19(22)24/h1-6,11H,7-10,12H2,(H,20,23)(H,21,24). The number of hydrogen-bond donors (Lipinski definition) is 2. The molecule has 1 amide bonds. The van der Waals surface area contributed by atoms with Crippen LogP contribution in [0.1, 0.15) is 5.56 Å². The lowest BCUT2D eigenvalue weighted by atomic mass is 10.1. The maximum absolute atomic E-state index is 12.2. The summed E-state index contributed by atoms with van der Waals surface area (Å²) in [5.41, 5.74) is 2.31. The van der Waals surface area contributed by atoms with Gasteiger partial charge in [0.15, 0.2) is 11.5 Å².